The maximum atomic E-state index is 13.0. The first-order chi connectivity index (χ1) is 12.2. The summed E-state index contributed by atoms with van der Waals surface area (Å²) in [6.07, 6.45) is 1.40. The molecule has 0 spiro atoms. The number of fused-ring (bicyclic) bond motifs is 1. The minimum atomic E-state index is -0.381. The van der Waals surface area contributed by atoms with Gasteiger partial charge in [0.25, 0.3) is 5.56 Å². The zero-order valence-electron chi connectivity index (χ0n) is 14.2. The maximum Gasteiger partial charge on any atom is 0.319 e. The molecular formula is C18H20N2O3S2. The van der Waals surface area contributed by atoms with Crippen molar-refractivity contribution in [1.29, 1.82) is 0 Å². The maximum absolute atomic E-state index is 13.0. The number of hydrogen-bond donors (Lipinski definition) is 0. The topological polar surface area (TPSA) is 61.2 Å². The van der Waals surface area contributed by atoms with Gasteiger partial charge in [-0.3, -0.25) is 14.2 Å². The van der Waals surface area contributed by atoms with Crippen LogP contribution in [0.3, 0.4) is 0 Å². The summed E-state index contributed by atoms with van der Waals surface area (Å²) in [6.45, 7) is 4.07. The summed E-state index contributed by atoms with van der Waals surface area (Å²) in [6, 6.07) is 9.44. The lowest BCUT2D eigenvalue weighted by molar-refractivity contribution is -0.142. The molecule has 1 aromatic heterocycles. The molecular weight excluding hydrogens is 356 g/mol. The van der Waals surface area contributed by atoms with Crippen LogP contribution in [0.5, 0.6) is 0 Å². The highest BCUT2D eigenvalue weighted by Gasteiger charge is 2.26. The summed E-state index contributed by atoms with van der Waals surface area (Å²) in [5.41, 5.74) is 1.54. The first kappa shape index (κ1) is 18.1. The van der Waals surface area contributed by atoms with E-state index in [1.165, 1.54) is 11.8 Å². The Balaban J connectivity index is 2.07. The number of benzene rings is 1. The first-order valence-corrected chi connectivity index (χ1v) is 10.2. The molecule has 0 aliphatic carbocycles. The second-order valence-corrected chi connectivity index (χ2v) is 7.79. The first-order valence-electron chi connectivity index (χ1n) is 8.33. The molecule has 0 fully saturated rings. The third-order valence-corrected chi connectivity index (χ3v) is 6.25. The number of ether oxygens (including phenoxy) is 1. The average molecular weight is 377 g/mol. The molecule has 7 heteroatoms. The Morgan fingerprint density at radius 2 is 2.12 bits per heavy atom. The van der Waals surface area contributed by atoms with Crippen LogP contribution in [0.25, 0.3) is 5.69 Å². The van der Waals surface area contributed by atoms with Crippen LogP contribution in [0.2, 0.25) is 0 Å². The molecule has 5 nitrogen and oxygen atoms in total. The van der Waals surface area contributed by atoms with Gasteiger partial charge in [-0.15, -0.1) is 11.8 Å². The summed E-state index contributed by atoms with van der Waals surface area (Å²) in [4.78, 5) is 30.6. The molecule has 1 atom stereocenters. The van der Waals surface area contributed by atoms with Crippen LogP contribution in [0.4, 0.5) is 0 Å². The van der Waals surface area contributed by atoms with Gasteiger partial charge in [0.05, 0.1) is 22.9 Å². The van der Waals surface area contributed by atoms with Crippen LogP contribution in [-0.2, 0) is 16.0 Å². The number of para-hydroxylation sites is 1. The van der Waals surface area contributed by atoms with Gasteiger partial charge in [0.2, 0.25) is 0 Å². The van der Waals surface area contributed by atoms with Crippen molar-refractivity contribution < 1.29 is 9.53 Å². The van der Waals surface area contributed by atoms with Gasteiger partial charge in [-0.25, -0.2) is 4.98 Å². The monoisotopic (exact) mass is 376 g/mol. The molecule has 0 N–H and O–H groups in total. The van der Waals surface area contributed by atoms with Gasteiger partial charge in [-0.1, -0.05) is 36.9 Å². The fraction of sp³-hybridized carbons (Fsp3) is 0.389. The Hall–Kier alpha value is -1.73. The smallest absolute Gasteiger partial charge is 0.319 e. The van der Waals surface area contributed by atoms with E-state index in [2.05, 4.69) is 0 Å². The van der Waals surface area contributed by atoms with E-state index in [-0.39, 0.29) is 16.8 Å². The van der Waals surface area contributed by atoms with Crippen molar-refractivity contribution in [3.8, 4) is 5.69 Å². The number of carbonyl (C=O) groups is 1. The number of carbonyl (C=O) groups excluding carboxylic acids is 1. The van der Waals surface area contributed by atoms with Gasteiger partial charge >= 0.3 is 5.97 Å². The molecule has 0 saturated carbocycles. The Kier molecular flexibility index (Phi) is 5.86. The summed E-state index contributed by atoms with van der Waals surface area (Å²) in [7, 11) is 0. The third-order valence-electron chi connectivity index (χ3n) is 3.85. The van der Waals surface area contributed by atoms with Crippen LogP contribution in [-0.4, -0.2) is 33.1 Å². The van der Waals surface area contributed by atoms with Crippen LogP contribution in [0.15, 0.2) is 45.2 Å². The summed E-state index contributed by atoms with van der Waals surface area (Å²) in [5, 5.41) is 0.172. The predicted molar refractivity (Wildman–Crippen MR) is 101 cm³/mol. The molecule has 3 rings (SSSR count). The van der Waals surface area contributed by atoms with E-state index in [0.29, 0.717) is 18.2 Å². The van der Waals surface area contributed by atoms with E-state index in [1.54, 1.807) is 23.3 Å². The second kappa shape index (κ2) is 8.10. The van der Waals surface area contributed by atoms with E-state index >= 15 is 0 Å². The summed E-state index contributed by atoms with van der Waals surface area (Å²) < 4.78 is 6.77. The zero-order chi connectivity index (χ0) is 17.8. The number of aromatic nitrogens is 2. The van der Waals surface area contributed by atoms with Crippen molar-refractivity contribution in [3.63, 3.8) is 0 Å². The van der Waals surface area contributed by atoms with Crippen molar-refractivity contribution in [2.75, 3.05) is 12.4 Å². The molecule has 0 bridgehead atoms. The molecule has 1 aromatic carbocycles. The van der Waals surface area contributed by atoms with Crippen LogP contribution < -0.4 is 5.56 Å². The average Bonchev–Trinajstić information content (AvgIpc) is 3.09. The van der Waals surface area contributed by atoms with Gasteiger partial charge in [0.15, 0.2) is 5.16 Å². The normalized spacial score (nSPS) is 14.2. The molecule has 0 radical (unpaired) electrons. The molecule has 2 heterocycles. The highest BCUT2D eigenvalue weighted by atomic mass is 32.2. The fourth-order valence-corrected chi connectivity index (χ4v) is 4.71. The van der Waals surface area contributed by atoms with E-state index in [4.69, 9.17) is 9.72 Å². The van der Waals surface area contributed by atoms with Crippen molar-refractivity contribution in [2.24, 2.45) is 0 Å². The standard InChI is InChI=1S/C18H20N2O3S2/c1-3-14(17(22)23-4-2)25-18-19-13-10-11-24-15(13)16(21)20(18)12-8-6-5-7-9-12/h5-9,14H,3-4,10-11H2,1-2H3. The molecule has 132 valence electrons. The second-order valence-electron chi connectivity index (χ2n) is 5.51. The number of esters is 1. The Labute approximate surface area is 155 Å². The number of hydrogen-bond acceptors (Lipinski definition) is 6. The van der Waals surface area contributed by atoms with Gasteiger partial charge in [0.1, 0.15) is 5.25 Å². The Morgan fingerprint density at radius 1 is 1.36 bits per heavy atom. The van der Waals surface area contributed by atoms with Crippen LogP contribution in [0.1, 0.15) is 26.0 Å². The minimum Gasteiger partial charge on any atom is -0.465 e. The zero-order valence-corrected chi connectivity index (χ0v) is 15.9. The molecule has 1 unspecified atom stereocenters. The molecule has 1 aliphatic rings. The van der Waals surface area contributed by atoms with Gasteiger partial charge in [-0.2, -0.15) is 0 Å². The third kappa shape index (κ3) is 3.77. The molecule has 0 amide bonds. The van der Waals surface area contributed by atoms with Crippen LogP contribution >= 0.6 is 23.5 Å². The Bertz CT molecular complexity index is 821. The highest BCUT2D eigenvalue weighted by Crippen LogP contribution is 2.32. The van der Waals surface area contributed by atoms with Crippen molar-refractivity contribution in [1.82, 2.24) is 9.55 Å². The highest BCUT2D eigenvalue weighted by molar-refractivity contribution is 8.00. The lowest BCUT2D eigenvalue weighted by Gasteiger charge is -2.17. The quantitative estimate of drug-likeness (QED) is 0.438. The molecule has 0 saturated heterocycles. The van der Waals surface area contributed by atoms with E-state index in [9.17, 15) is 9.59 Å². The van der Waals surface area contributed by atoms with Gasteiger partial charge < -0.3 is 4.74 Å². The molecule has 25 heavy (non-hydrogen) atoms. The van der Waals surface area contributed by atoms with E-state index < -0.39 is 0 Å². The number of aryl methyl sites for hydroxylation is 1. The van der Waals surface area contributed by atoms with Crippen molar-refractivity contribution in [3.05, 3.63) is 46.4 Å². The SMILES string of the molecule is CCOC(=O)C(CC)Sc1nc2c(c(=O)n1-c1ccccc1)SCC2. The number of rotatable bonds is 6. The molecule has 2 aromatic rings. The number of nitrogens with zero attached hydrogens (tertiary/aromatic N) is 2. The fourth-order valence-electron chi connectivity index (χ4n) is 2.64. The van der Waals surface area contributed by atoms with Gasteiger partial charge in [0, 0.05) is 12.2 Å². The van der Waals surface area contributed by atoms with Crippen LogP contribution in [0, 0.1) is 0 Å². The Morgan fingerprint density at radius 3 is 2.80 bits per heavy atom. The summed E-state index contributed by atoms with van der Waals surface area (Å²) >= 11 is 2.86. The minimum absolute atomic E-state index is 0.0556. The number of thioether (sulfide) groups is 2. The van der Waals surface area contributed by atoms with E-state index in [0.717, 1.165) is 28.5 Å². The lowest BCUT2D eigenvalue weighted by atomic mass is 10.3. The predicted octanol–water partition coefficient (Wildman–Crippen LogP) is 3.31. The summed E-state index contributed by atoms with van der Waals surface area (Å²) in [5.74, 6) is 0.606. The van der Waals surface area contributed by atoms with Gasteiger partial charge in [-0.05, 0) is 25.5 Å². The molecule has 1 aliphatic heterocycles. The van der Waals surface area contributed by atoms with Crippen molar-refractivity contribution >= 4 is 29.5 Å². The lowest BCUT2D eigenvalue weighted by Crippen LogP contribution is -2.26. The van der Waals surface area contributed by atoms with E-state index in [1.807, 2.05) is 37.3 Å². The largest absolute Gasteiger partial charge is 0.465 e. The van der Waals surface area contributed by atoms with Crippen molar-refractivity contribution in [2.45, 2.75) is 42.0 Å².